The highest BCUT2D eigenvalue weighted by molar-refractivity contribution is 7.09. The van der Waals surface area contributed by atoms with E-state index < -0.39 is 0 Å². The normalized spacial score (nSPS) is 11.9. The van der Waals surface area contributed by atoms with E-state index in [2.05, 4.69) is 29.2 Å². The smallest absolute Gasteiger partial charge is 0.112 e. The van der Waals surface area contributed by atoms with Crippen molar-refractivity contribution in [1.29, 1.82) is 0 Å². The average molecular weight is 236 g/mol. The first-order chi connectivity index (χ1) is 7.58. The molecular formula is C11H16N4S. The summed E-state index contributed by atoms with van der Waals surface area (Å²) in [5.41, 5.74) is 0.943. The van der Waals surface area contributed by atoms with Crippen LogP contribution in [-0.2, 0) is 19.1 Å². The summed E-state index contributed by atoms with van der Waals surface area (Å²) in [6.45, 7) is 5.02. The van der Waals surface area contributed by atoms with Gasteiger partial charge in [-0.25, -0.2) is 4.98 Å². The quantitative estimate of drug-likeness (QED) is 0.881. The summed E-state index contributed by atoms with van der Waals surface area (Å²) in [4.78, 5) is 4.34. The zero-order valence-electron chi connectivity index (χ0n) is 9.77. The number of aromatic nitrogens is 3. The van der Waals surface area contributed by atoms with Gasteiger partial charge in [0.2, 0.25) is 0 Å². The van der Waals surface area contributed by atoms with Gasteiger partial charge in [0.1, 0.15) is 5.01 Å². The predicted octanol–water partition coefficient (Wildman–Crippen LogP) is 1.90. The van der Waals surface area contributed by atoms with E-state index in [1.54, 1.807) is 11.3 Å². The van der Waals surface area contributed by atoms with Gasteiger partial charge in [0.15, 0.2) is 0 Å². The molecule has 0 spiro atoms. The molecule has 0 radical (unpaired) electrons. The minimum atomic E-state index is -0.105. The van der Waals surface area contributed by atoms with Crippen molar-refractivity contribution in [3.05, 3.63) is 34.5 Å². The van der Waals surface area contributed by atoms with Crippen LogP contribution < -0.4 is 5.32 Å². The van der Waals surface area contributed by atoms with Gasteiger partial charge in [0.25, 0.3) is 0 Å². The van der Waals surface area contributed by atoms with Crippen LogP contribution in [0.1, 0.15) is 24.5 Å². The molecule has 4 nitrogen and oxygen atoms in total. The van der Waals surface area contributed by atoms with E-state index in [1.807, 2.05) is 35.6 Å². The molecule has 0 saturated heterocycles. The van der Waals surface area contributed by atoms with Crippen molar-refractivity contribution >= 4 is 11.3 Å². The number of thiazole rings is 1. The van der Waals surface area contributed by atoms with E-state index in [0.29, 0.717) is 0 Å². The second-order valence-electron chi connectivity index (χ2n) is 4.30. The standard InChI is InChI=1S/C11H16N4S/c1-11(2,10-12-5-7-16-10)13-8-9-4-6-15(3)14-9/h4-7,13H,8H2,1-3H3. The van der Waals surface area contributed by atoms with E-state index in [4.69, 9.17) is 0 Å². The minimum Gasteiger partial charge on any atom is -0.300 e. The largest absolute Gasteiger partial charge is 0.300 e. The molecule has 2 aromatic rings. The number of aryl methyl sites for hydroxylation is 1. The van der Waals surface area contributed by atoms with Crippen molar-refractivity contribution in [1.82, 2.24) is 20.1 Å². The van der Waals surface area contributed by atoms with Crippen LogP contribution in [0.4, 0.5) is 0 Å². The van der Waals surface area contributed by atoms with Crippen molar-refractivity contribution in [3.8, 4) is 0 Å². The van der Waals surface area contributed by atoms with Gasteiger partial charge in [0.05, 0.1) is 11.2 Å². The molecule has 1 N–H and O–H groups in total. The van der Waals surface area contributed by atoms with Gasteiger partial charge < -0.3 is 5.32 Å². The molecule has 0 bridgehead atoms. The van der Waals surface area contributed by atoms with Crippen molar-refractivity contribution in [3.63, 3.8) is 0 Å². The third kappa shape index (κ3) is 2.48. The molecule has 86 valence electrons. The average Bonchev–Trinajstić information content (AvgIpc) is 2.85. The maximum Gasteiger partial charge on any atom is 0.112 e. The van der Waals surface area contributed by atoms with Gasteiger partial charge in [-0.2, -0.15) is 5.10 Å². The summed E-state index contributed by atoms with van der Waals surface area (Å²) in [6.07, 6.45) is 3.79. The highest BCUT2D eigenvalue weighted by Crippen LogP contribution is 2.22. The first-order valence-electron chi connectivity index (χ1n) is 5.21. The lowest BCUT2D eigenvalue weighted by Crippen LogP contribution is -2.35. The van der Waals surface area contributed by atoms with Crippen LogP contribution in [-0.4, -0.2) is 14.8 Å². The van der Waals surface area contributed by atoms with Crippen LogP contribution >= 0.6 is 11.3 Å². The molecule has 0 amide bonds. The van der Waals surface area contributed by atoms with Crippen molar-refractivity contribution in [2.24, 2.45) is 7.05 Å². The lowest BCUT2D eigenvalue weighted by Gasteiger charge is -2.23. The van der Waals surface area contributed by atoms with Crippen molar-refractivity contribution in [2.75, 3.05) is 0 Å². The summed E-state index contributed by atoms with van der Waals surface area (Å²) in [5, 5.41) is 10.9. The summed E-state index contributed by atoms with van der Waals surface area (Å²) in [7, 11) is 1.93. The van der Waals surface area contributed by atoms with Crippen LogP contribution in [0.15, 0.2) is 23.8 Å². The van der Waals surface area contributed by atoms with Gasteiger partial charge in [-0.1, -0.05) is 0 Å². The van der Waals surface area contributed by atoms with Gasteiger partial charge in [0, 0.05) is 31.4 Å². The van der Waals surface area contributed by atoms with E-state index in [-0.39, 0.29) is 5.54 Å². The van der Waals surface area contributed by atoms with Crippen LogP contribution in [0.25, 0.3) is 0 Å². The Bertz CT molecular complexity index is 444. The maximum absolute atomic E-state index is 4.34. The summed E-state index contributed by atoms with van der Waals surface area (Å²) >= 11 is 1.67. The Morgan fingerprint density at radius 3 is 2.88 bits per heavy atom. The fraction of sp³-hybridized carbons (Fsp3) is 0.455. The molecule has 0 unspecified atom stereocenters. The second kappa shape index (κ2) is 4.35. The fourth-order valence-corrected chi connectivity index (χ4v) is 2.22. The number of hydrogen-bond donors (Lipinski definition) is 1. The highest BCUT2D eigenvalue weighted by Gasteiger charge is 2.22. The first-order valence-corrected chi connectivity index (χ1v) is 6.09. The number of rotatable bonds is 4. The molecule has 0 atom stereocenters. The molecule has 2 aromatic heterocycles. The second-order valence-corrected chi connectivity index (χ2v) is 5.19. The van der Waals surface area contributed by atoms with Crippen LogP contribution in [0.3, 0.4) is 0 Å². The molecule has 0 aromatic carbocycles. The van der Waals surface area contributed by atoms with Crippen LogP contribution in [0.2, 0.25) is 0 Å². The third-order valence-corrected chi connectivity index (χ3v) is 3.54. The Morgan fingerprint density at radius 2 is 2.31 bits per heavy atom. The molecule has 0 aliphatic rings. The SMILES string of the molecule is Cn1ccc(CNC(C)(C)c2nccs2)n1. The first kappa shape index (κ1) is 11.3. The molecular weight excluding hydrogens is 220 g/mol. The van der Waals surface area contributed by atoms with E-state index in [9.17, 15) is 0 Å². The Kier molecular flexibility index (Phi) is 3.07. The molecule has 0 aliphatic carbocycles. The molecule has 5 heteroatoms. The molecule has 0 saturated carbocycles. The van der Waals surface area contributed by atoms with Gasteiger partial charge in [-0.3, -0.25) is 4.68 Å². The highest BCUT2D eigenvalue weighted by atomic mass is 32.1. The zero-order valence-corrected chi connectivity index (χ0v) is 10.6. The Balaban J connectivity index is 2.00. The topological polar surface area (TPSA) is 42.7 Å². The zero-order chi connectivity index (χ0) is 11.6. The fourth-order valence-electron chi connectivity index (χ4n) is 1.48. The molecule has 0 aliphatic heterocycles. The molecule has 0 fully saturated rings. The van der Waals surface area contributed by atoms with E-state index in [1.165, 1.54) is 0 Å². The molecule has 2 rings (SSSR count). The Hall–Kier alpha value is -1.20. The van der Waals surface area contributed by atoms with Crippen LogP contribution in [0, 0.1) is 0 Å². The monoisotopic (exact) mass is 236 g/mol. The minimum absolute atomic E-state index is 0.105. The van der Waals surface area contributed by atoms with Crippen LogP contribution in [0.5, 0.6) is 0 Å². The van der Waals surface area contributed by atoms with Gasteiger partial charge in [-0.05, 0) is 19.9 Å². The summed E-state index contributed by atoms with van der Waals surface area (Å²) in [5.74, 6) is 0. The van der Waals surface area contributed by atoms with Crippen molar-refractivity contribution in [2.45, 2.75) is 25.9 Å². The summed E-state index contributed by atoms with van der Waals surface area (Å²) in [6, 6.07) is 2.02. The Morgan fingerprint density at radius 1 is 1.50 bits per heavy atom. The van der Waals surface area contributed by atoms with E-state index >= 15 is 0 Å². The number of nitrogens with one attached hydrogen (secondary N) is 1. The predicted molar refractivity (Wildman–Crippen MR) is 65.2 cm³/mol. The molecule has 2 heterocycles. The Labute approximate surface area is 99.3 Å². The number of hydrogen-bond acceptors (Lipinski definition) is 4. The summed E-state index contributed by atoms with van der Waals surface area (Å²) < 4.78 is 1.81. The van der Waals surface area contributed by atoms with Gasteiger partial charge in [-0.15, -0.1) is 11.3 Å². The third-order valence-electron chi connectivity index (χ3n) is 2.45. The van der Waals surface area contributed by atoms with E-state index in [0.717, 1.165) is 17.2 Å². The van der Waals surface area contributed by atoms with Gasteiger partial charge >= 0.3 is 0 Å². The van der Waals surface area contributed by atoms with Crippen molar-refractivity contribution < 1.29 is 0 Å². The maximum atomic E-state index is 4.34. The lowest BCUT2D eigenvalue weighted by molar-refractivity contribution is 0.395. The molecule has 16 heavy (non-hydrogen) atoms. The number of nitrogens with zero attached hydrogens (tertiary/aromatic N) is 3. The lowest BCUT2D eigenvalue weighted by atomic mass is 10.1.